The molecule has 2 N–H and O–H groups in total. The van der Waals surface area contributed by atoms with Crippen molar-refractivity contribution in [2.75, 3.05) is 0 Å². The summed E-state index contributed by atoms with van der Waals surface area (Å²) in [6.45, 7) is 4.53. The number of fused-ring (bicyclic) bond motifs is 2. The van der Waals surface area contributed by atoms with Gasteiger partial charge in [-0.2, -0.15) is 0 Å². The van der Waals surface area contributed by atoms with Crippen molar-refractivity contribution in [1.82, 2.24) is 19.9 Å². The fourth-order valence-electron chi connectivity index (χ4n) is 3.09. The summed E-state index contributed by atoms with van der Waals surface area (Å²) in [6, 6.07) is 10.6. The van der Waals surface area contributed by atoms with Gasteiger partial charge in [-0.15, -0.1) is 0 Å². The lowest BCUT2D eigenvalue weighted by Gasteiger charge is -2.25. The Bertz CT molecular complexity index is 922. The van der Waals surface area contributed by atoms with Gasteiger partial charge in [0.25, 0.3) is 5.56 Å². The monoisotopic (exact) mass is 294 g/mol. The summed E-state index contributed by atoms with van der Waals surface area (Å²) in [7, 11) is 0. The number of benzene rings is 1. The maximum Gasteiger partial charge on any atom is 0.275 e. The molecule has 3 aromatic rings. The minimum atomic E-state index is -0.0232. The first-order valence-corrected chi connectivity index (χ1v) is 7.52. The highest BCUT2D eigenvalue weighted by Gasteiger charge is 2.21. The van der Waals surface area contributed by atoms with Crippen LogP contribution in [0.25, 0.3) is 5.65 Å². The second-order valence-corrected chi connectivity index (χ2v) is 5.94. The molecule has 5 heteroatoms. The van der Waals surface area contributed by atoms with E-state index in [2.05, 4.69) is 39.7 Å². The van der Waals surface area contributed by atoms with E-state index in [9.17, 15) is 4.79 Å². The molecule has 4 rings (SSSR count). The average molecular weight is 294 g/mol. The minimum Gasteiger partial charge on any atom is -0.304 e. The number of hydrogen-bond acceptors (Lipinski definition) is 3. The third kappa shape index (κ3) is 1.97. The van der Waals surface area contributed by atoms with Crippen LogP contribution in [-0.2, 0) is 13.0 Å². The van der Waals surface area contributed by atoms with Gasteiger partial charge in [0.2, 0.25) is 0 Å². The molecule has 0 saturated carbocycles. The van der Waals surface area contributed by atoms with E-state index < -0.39 is 0 Å². The molecule has 112 valence electrons. The van der Waals surface area contributed by atoms with Gasteiger partial charge >= 0.3 is 0 Å². The molecule has 1 aromatic carbocycles. The number of nitrogens with zero attached hydrogens (tertiary/aromatic N) is 2. The number of rotatable bonds is 1. The Morgan fingerprint density at radius 3 is 2.82 bits per heavy atom. The van der Waals surface area contributed by atoms with E-state index in [4.69, 9.17) is 0 Å². The van der Waals surface area contributed by atoms with Crippen LogP contribution in [0.3, 0.4) is 0 Å². The normalized spacial score (nSPS) is 17.6. The summed E-state index contributed by atoms with van der Waals surface area (Å²) in [5.74, 6) is 0. The molecule has 3 heterocycles. The van der Waals surface area contributed by atoms with Crippen molar-refractivity contribution in [1.29, 1.82) is 0 Å². The molecule has 0 aliphatic carbocycles. The van der Waals surface area contributed by atoms with E-state index in [-0.39, 0.29) is 11.6 Å². The highest BCUT2D eigenvalue weighted by Crippen LogP contribution is 2.25. The van der Waals surface area contributed by atoms with E-state index in [0.717, 1.165) is 24.4 Å². The molecule has 0 bridgehead atoms. The van der Waals surface area contributed by atoms with Crippen LogP contribution >= 0.6 is 0 Å². The molecule has 0 fully saturated rings. The van der Waals surface area contributed by atoms with Crippen LogP contribution < -0.4 is 10.9 Å². The molecule has 0 amide bonds. The fraction of sp³-hybridized carbons (Fsp3) is 0.294. The maximum absolute atomic E-state index is 12.3. The van der Waals surface area contributed by atoms with Gasteiger partial charge in [0.1, 0.15) is 0 Å². The zero-order valence-corrected chi connectivity index (χ0v) is 12.7. The highest BCUT2D eigenvalue weighted by molar-refractivity contribution is 5.43. The molecular formula is C17H18N4O. The highest BCUT2D eigenvalue weighted by atomic mass is 16.1. The first-order chi connectivity index (χ1) is 10.6. The summed E-state index contributed by atoms with van der Waals surface area (Å²) in [5, 5.41) is 6.74. The zero-order chi connectivity index (χ0) is 15.3. The molecule has 1 aliphatic heterocycles. The Hall–Kier alpha value is -2.40. The Morgan fingerprint density at radius 2 is 2.00 bits per heavy atom. The first kappa shape index (κ1) is 13.3. The number of aryl methyl sites for hydroxylation is 1. The summed E-state index contributed by atoms with van der Waals surface area (Å²) in [6.07, 6.45) is 0.912. The zero-order valence-electron chi connectivity index (χ0n) is 12.7. The number of aromatic amines is 1. The summed E-state index contributed by atoms with van der Waals surface area (Å²) >= 11 is 0. The molecule has 2 aromatic heterocycles. The van der Waals surface area contributed by atoms with Crippen molar-refractivity contribution in [3.63, 3.8) is 0 Å². The fourth-order valence-corrected chi connectivity index (χ4v) is 3.09. The lowest BCUT2D eigenvalue weighted by Crippen LogP contribution is -2.29. The van der Waals surface area contributed by atoms with Crippen molar-refractivity contribution in [3.8, 4) is 0 Å². The van der Waals surface area contributed by atoms with Crippen LogP contribution in [0.1, 0.15) is 34.1 Å². The van der Waals surface area contributed by atoms with Gasteiger partial charge in [0.15, 0.2) is 5.65 Å². The third-order valence-electron chi connectivity index (χ3n) is 4.56. The van der Waals surface area contributed by atoms with Crippen LogP contribution in [0.5, 0.6) is 0 Å². The quantitative estimate of drug-likeness (QED) is 0.722. The predicted octanol–water partition coefficient (Wildman–Crippen LogP) is 2.03. The summed E-state index contributed by atoms with van der Waals surface area (Å²) < 4.78 is 1.54. The number of H-pyrrole nitrogens is 1. The maximum atomic E-state index is 12.3. The summed E-state index contributed by atoms with van der Waals surface area (Å²) in [5.41, 5.74) is 5.84. The molecule has 0 spiro atoms. The van der Waals surface area contributed by atoms with Gasteiger partial charge in [-0.3, -0.25) is 9.89 Å². The molecule has 22 heavy (non-hydrogen) atoms. The van der Waals surface area contributed by atoms with Crippen molar-refractivity contribution in [2.45, 2.75) is 32.9 Å². The minimum absolute atomic E-state index is 0.0232. The standard InChI is InChI=1S/C17H18N4O/c1-10-11(2)19-16-8-15(20-21(16)17(10)22)14-7-12-5-3-4-6-13(12)9-18-14/h3-6,8,14,18,20H,7,9H2,1-2H3/t14-/m0/s1. The Morgan fingerprint density at radius 1 is 1.23 bits per heavy atom. The second kappa shape index (κ2) is 4.81. The van der Waals surface area contributed by atoms with Gasteiger partial charge in [0, 0.05) is 23.9 Å². The van der Waals surface area contributed by atoms with Crippen LogP contribution in [0.2, 0.25) is 0 Å². The van der Waals surface area contributed by atoms with E-state index in [1.54, 1.807) is 4.52 Å². The van der Waals surface area contributed by atoms with E-state index in [1.807, 2.05) is 19.9 Å². The van der Waals surface area contributed by atoms with E-state index >= 15 is 0 Å². The Labute approximate surface area is 128 Å². The molecule has 0 radical (unpaired) electrons. The number of aromatic nitrogens is 3. The molecule has 1 atom stereocenters. The van der Waals surface area contributed by atoms with Crippen LogP contribution in [0.4, 0.5) is 0 Å². The Balaban J connectivity index is 1.77. The van der Waals surface area contributed by atoms with Gasteiger partial charge in [-0.05, 0) is 31.4 Å². The lowest BCUT2D eigenvalue weighted by molar-refractivity contribution is 0.485. The predicted molar refractivity (Wildman–Crippen MR) is 85.0 cm³/mol. The van der Waals surface area contributed by atoms with Crippen molar-refractivity contribution < 1.29 is 0 Å². The largest absolute Gasteiger partial charge is 0.304 e. The topological polar surface area (TPSA) is 62.2 Å². The van der Waals surface area contributed by atoms with Crippen molar-refractivity contribution in [2.24, 2.45) is 0 Å². The van der Waals surface area contributed by atoms with Crippen LogP contribution in [0, 0.1) is 13.8 Å². The van der Waals surface area contributed by atoms with Crippen molar-refractivity contribution in [3.05, 3.63) is 68.8 Å². The third-order valence-corrected chi connectivity index (χ3v) is 4.56. The second-order valence-electron chi connectivity index (χ2n) is 5.94. The van der Waals surface area contributed by atoms with E-state index in [1.165, 1.54) is 11.1 Å². The van der Waals surface area contributed by atoms with Gasteiger partial charge in [0.05, 0.1) is 11.7 Å². The summed E-state index contributed by atoms with van der Waals surface area (Å²) in [4.78, 5) is 16.8. The van der Waals surface area contributed by atoms with Crippen molar-refractivity contribution >= 4 is 5.65 Å². The average Bonchev–Trinajstić information content (AvgIpc) is 2.96. The molecule has 1 aliphatic rings. The molecule has 5 nitrogen and oxygen atoms in total. The molecular weight excluding hydrogens is 276 g/mol. The van der Waals surface area contributed by atoms with Crippen LogP contribution in [-0.4, -0.2) is 14.6 Å². The Kier molecular flexibility index (Phi) is 2.90. The number of hydrogen-bond donors (Lipinski definition) is 2. The first-order valence-electron chi connectivity index (χ1n) is 7.52. The van der Waals surface area contributed by atoms with Crippen LogP contribution in [0.15, 0.2) is 35.1 Å². The molecule has 0 saturated heterocycles. The number of nitrogens with one attached hydrogen (secondary N) is 2. The van der Waals surface area contributed by atoms with Gasteiger partial charge in [-0.25, -0.2) is 9.50 Å². The molecule has 0 unspecified atom stereocenters. The van der Waals surface area contributed by atoms with Gasteiger partial charge < -0.3 is 5.32 Å². The van der Waals surface area contributed by atoms with E-state index in [0.29, 0.717) is 11.2 Å². The SMILES string of the molecule is Cc1nc2cc([C@@H]3Cc4ccccc4CN3)[nH]n2c(=O)c1C. The lowest BCUT2D eigenvalue weighted by atomic mass is 9.94. The smallest absolute Gasteiger partial charge is 0.275 e. The van der Waals surface area contributed by atoms with Gasteiger partial charge in [-0.1, -0.05) is 24.3 Å².